The van der Waals surface area contributed by atoms with E-state index >= 15 is 0 Å². The molecule has 2 aromatic rings. The molecule has 1 aromatic carbocycles. The molecule has 0 aliphatic rings. The Balaban J connectivity index is 2.33. The van der Waals surface area contributed by atoms with Crippen molar-refractivity contribution in [3.8, 4) is 11.6 Å². The zero-order chi connectivity index (χ0) is 13.8. The average Bonchev–Trinajstić information content (AvgIpc) is 2.41. The van der Waals surface area contributed by atoms with E-state index in [9.17, 15) is 0 Å². The van der Waals surface area contributed by atoms with E-state index in [1.54, 1.807) is 20.4 Å². The first kappa shape index (κ1) is 14.1. The summed E-state index contributed by atoms with van der Waals surface area (Å²) in [7, 11) is 3.16. The highest BCUT2D eigenvalue weighted by molar-refractivity contribution is 9.10. The number of aromatic nitrogens is 2. The van der Waals surface area contributed by atoms with Crippen LogP contribution in [0.15, 0.2) is 33.3 Å². The molecule has 0 atom stereocenters. The predicted octanol–water partition coefficient (Wildman–Crippen LogP) is 3.76. The smallest absolute Gasteiger partial charge is 0.232 e. The first-order chi connectivity index (χ1) is 9.13. The molecule has 0 aliphatic carbocycles. The van der Waals surface area contributed by atoms with Crippen LogP contribution >= 0.6 is 31.9 Å². The van der Waals surface area contributed by atoms with Gasteiger partial charge in [-0.15, -0.1) is 0 Å². The standard InChI is InChI=1S/C12H11Br2N3O2/c1-18-10-4-3-7(13)5-9(10)16-12-15-6-8(14)11(17-12)19-2/h3-6H,1-2H3,(H,15,16,17). The Morgan fingerprint density at radius 1 is 1.16 bits per heavy atom. The van der Waals surface area contributed by atoms with Crippen molar-refractivity contribution in [2.75, 3.05) is 19.5 Å². The van der Waals surface area contributed by atoms with Crippen molar-refractivity contribution in [3.05, 3.63) is 33.3 Å². The van der Waals surface area contributed by atoms with E-state index in [1.807, 2.05) is 18.2 Å². The number of anilines is 2. The van der Waals surface area contributed by atoms with E-state index in [0.29, 0.717) is 22.1 Å². The molecule has 1 aromatic heterocycles. The third kappa shape index (κ3) is 3.36. The number of ether oxygens (including phenoxy) is 2. The van der Waals surface area contributed by atoms with Gasteiger partial charge >= 0.3 is 0 Å². The number of nitrogens with zero attached hydrogens (tertiary/aromatic N) is 2. The lowest BCUT2D eigenvalue weighted by atomic mass is 10.3. The SMILES string of the molecule is COc1ccc(Br)cc1Nc1ncc(Br)c(OC)n1. The molecule has 0 aliphatic heterocycles. The van der Waals surface area contributed by atoms with Crippen molar-refractivity contribution in [1.29, 1.82) is 0 Å². The highest BCUT2D eigenvalue weighted by Gasteiger charge is 2.08. The molecule has 1 heterocycles. The summed E-state index contributed by atoms with van der Waals surface area (Å²) in [5.74, 6) is 1.59. The summed E-state index contributed by atoms with van der Waals surface area (Å²) in [5.41, 5.74) is 0.765. The first-order valence-electron chi connectivity index (χ1n) is 5.31. The van der Waals surface area contributed by atoms with Crippen molar-refractivity contribution in [2.45, 2.75) is 0 Å². The zero-order valence-electron chi connectivity index (χ0n) is 10.3. The number of nitrogens with one attached hydrogen (secondary N) is 1. The zero-order valence-corrected chi connectivity index (χ0v) is 13.4. The van der Waals surface area contributed by atoms with Crippen LogP contribution in [-0.2, 0) is 0 Å². The average molecular weight is 389 g/mol. The van der Waals surface area contributed by atoms with Gasteiger partial charge in [0.15, 0.2) is 0 Å². The van der Waals surface area contributed by atoms with Crippen molar-refractivity contribution in [1.82, 2.24) is 9.97 Å². The van der Waals surface area contributed by atoms with Crippen LogP contribution in [0.4, 0.5) is 11.6 Å². The third-order valence-electron chi connectivity index (χ3n) is 2.31. The van der Waals surface area contributed by atoms with E-state index in [-0.39, 0.29) is 0 Å². The summed E-state index contributed by atoms with van der Waals surface area (Å²) < 4.78 is 12.0. The van der Waals surface area contributed by atoms with Gasteiger partial charge in [-0.25, -0.2) is 4.98 Å². The van der Waals surface area contributed by atoms with Crippen LogP contribution in [0, 0.1) is 0 Å². The Morgan fingerprint density at radius 2 is 1.95 bits per heavy atom. The molecule has 0 unspecified atom stereocenters. The van der Waals surface area contributed by atoms with Crippen LogP contribution in [0.2, 0.25) is 0 Å². The molecule has 100 valence electrons. The van der Waals surface area contributed by atoms with E-state index in [4.69, 9.17) is 9.47 Å². The monoisotopic (exact) mass is 387 g/mol. The number of hydrogen-bond donors (Lipinski definition) is 1. The second kappa shape index (κ2) is 6.21. The van der Waals surface area contributed by atoms with E-state index in [2.05, 4.69) is 47.1 Å². The normalized spacial score (nSPS) is 10.1. The Labute approximate surface area is 127 Å². The van der Waals surface area contributed by atoms with Gasteiger partial charge in [-0.05, 0) is 34.1 Å². The fourth-order valence-corrected chi connectivity index (χ4v) is 2.17. The second-order valence-corrected chi connectivity index (χ2v) is 5.29. The highest BCUT2D eigenvalue weighted by atomic mass is 79.9. The molecule has 0 bridgehead atoms. The minimum Gasteiger partial charge on any atom is -0.495 e. The van der Waals surface area contributed by atoms with E-state index < -0.39 is 0 Å². The van der Waals surface area contributed by atoms with Crippen molar-refractivity contribution in [2.24, 2.45) is 0 Å². The summed E-state index contributed by atoms with van der Waals surface area (Å²) in [4.78, 5) is 8.40. The molecule has 19 heavy (non-hydrogen) atoms. The Hall–Kier alpha value is -1.34. The second-order valence-electron chi connectivity index (χ2n) is 3.52. The van der Waals surface area contributed by atoms with Crippen molar-refractivity contribution >= 4 is 43.5 Å². The molecule has 1 N–H and O–H groups in total. The van der Waals surface area contributed by atoms with Crippen molar-refractivity contribution in [3.63, 3.8) is 0 Å². The molecule has 0 saturated carbocycles. The summed E-state index contributed by atoms with van der Waals surface area (Å²) in [6, 6.07) is 5.63. The fraction of sp³-hybridized carbons (Fsp3) is 0.167. The van der Waals surface area contributed by atoms with Gasteiger partial charge < -0.3 is 14.8 Å². The maximum atomic E-state index is 5.27. The number of hydrogen-bond acceptors (Lipinski definition) is 5. The van der Waals surface area contributed by atoms with Gasteiger partial charge in [-0.1, -0.05) is 15.9 Å². The van der Waals surface area contributed by atoms with Crippen LogP contribution in [0.5, 0.6) is 11.6 Å². The Kier molecular flexibility index (Phi) is 4.60. The predicted molar refractivity (Wildman–Crippen MR) is 80.3 cm³/mol. The molecule has 2 rings (SSSR count). The molecule has 0 saturated heterocycles. The summed E-state index contributed by atoms with van der Waals surface area (Å²) in [6.45, 7) is 0. The molecular formula is C12H11Br2N3O2. The maximum Gasteiger partial charge on any atom is 0.232 e. The molecule has 0 spiro atoms. The van der Waals surface area contributed by atoms with Gasteiger partial charge in [0.1, 0.15) is 5.75 Å². The third-order valence-corrected chi connectivity index (χ3v) is 3.35. The van der Waals surface area contributed by atoms with Gasteiger partial charge in [0.2, 0.25) is 11.8 Å². The van der Waals surface area contributed by atoms with Gasteiger partial charge in [-0.2, -0.15) is 4.98 Å². The van der Waals surface area contributed by atoms with Gasteiger partial charge in [0.25, 0.3) is 0 Å². The molecule has 0 fully saturated rings. The molecule has 0 amide bonds. The van der Waals surface area contributed by atoms with Gasteiger partial charge in [0, 0.05) is 4.47 Å². The highest BCUT2D eigenvalue weighted by Crippen LogP contribution is 2.30. The Morgan fingerprint density at radius 3 is 2.63 bits per heavy atom. The molecule has 7 heteroatoms. The number of halogens is 2. The number of methoxy groups -OCH3 is 2. The number of rotatable bonds is 4. The molecule has 5 nitrogen and oxygen atoms in total. The Bertz CT molecular complexity index is 593. The topological polar surface area (TPSA) is 56.3 Å². The van der Waals surface area contributed by atoms with Crippen LogP contribution in [0.25, 0.3) is 0 Å². The molecule has 0 radical (unpaired) electrons. The van der Waals surface area contributed by atoms with Crippen LogP contribution in [0.1, 0.15) is 0 Å². The van der Waals surface area contributed by atoms with Crippen LogP contribution < -0.4 is 14.8 Å². The summed E-state index contributed by atoms with van der Waals surface area (Å²) >= 11 is 6.72. The largest absolute Gasteiger partial charge is 0.495 e. The molecular weight excluding hydrogens is 378 g/mol. The van der Waals surface area contributed by atoms with E-state index in [1.165, 1.54) is 0 Å². The lowest BCUT2D eigenvalue weighted by Crippen LogP contribution is -2.01. The summed E-state index contributed by atoms with van der Waals surface area (Å²) in [6.07, 6.45) is 1.62. The quantitative estimate of drug-likeness (QED) is 0.863. The number of benzene rings is 1. The maximum absolute atomic E-state index is 5.27. The van der Waals surface area contributed by atoms with Gasteiger partial charge in [-0.3, -0.25) is 0 Å². The van der Waals surface area contributed by atoms with Crippen LogP contribution in [0.3, 0.4) is 0 Å². The lowest BCUT2D eigenvalue weighted by molar-refractivity contribution is 0.394. The minimum atomic E-state index is 0.427. The summed E-state index contributed by atoms with van der Waals surface area (Å²) in [5, 5.41) is 3.09. The van der Waals surface area contributed by atoms with Crippen LogP contribution in [-0.4, -0.2) is 24.2 Å². The van der Waals surface area contributed by atoms with Crippen molar-refractivity contribution < 1.29 is 9.47 Å². The fourth-order valence-electron chi connectivity index (χ4n) is 1.45. The lowest BCUT2D eigenvalue weighted by Gasteiger charge is -2.11. The van der Waals surface area contributed by atoms with E-state index in [0.717, 1.165) is 10.2 Å². The minimum absolute atomic E-state index is 0.427. The van der Waals surface area contributed by atoms with Gasteiger partial charge in [0.05, 0.1) is 30.6 Å². The first-order valence-corrected chi connectivity index (χ1v) is 6.89.